The number of amides is 1. The molecule has 0 aromatic carbocycles. The Labute approximate surface area is 451 Å². The number of carbonyl (C=O) groups excluding carboxylic acids is 1. The van der Waals surface area contributed by atoms with Gasteiger partial charge in [0.15, 0.2) is 6.29 Å². The van der Waals surface area contributed by atoms with Crippen LogP contribution in [-0.4, -0.2) is 87.5 Å². The molecule has 1 heterocycles. The number of hydrogen-bond donors (Lipinski definition) is 6. The molecule has 73 heavy (non-hydrogen) atoms. The number of carbonyl (C=O) groups is 1. The van der Waals surface area contributed by atoms with E-state index in [1.165, 1.54) is 263 Å². The Hall–Kier alpha value is -1.33. The molecule has 1 rings (SSSR count). The molecule has 7 unspecified atom stereocenters. The molecule has 432 valence electrons. The number of aliphatic hydroxyl groups is 5. The molecule has 6 N–H and O–H groups in total. The van der Waals surface area contributed by atoms with Crippen molar-refractivity contribution in [2.24, 2.45) is 0 Å². The van der Waals surface area contributed by atoms with Crippen molar-refractivity contribution in [2.45, 2.75) is 365 Å². The Morgan fingerprint density at radius 2 is 0.781 bits per heavy atom. The highest BCUT2D eigenvalue weighted by molar-refractivity contribution is 5.76. The zero-order valence-corrected chi connectivity index (χ0v) is 48.2. The average molecular weight is 1030 g/mol. The summed E-state index contributed by atoms with van der Waals surface area (Å²) in [6, 6.07) is -0.819. The molecule has 7 atom stereocenters. The topological polar surface area (TPSA) is 149 Å². The van der Waals surface area contributed by atoms with Gasteiger partial charge in [-0.1, -0.05) is 308 Å². The summed E-state index contributed by atoms with van der Waals surface area (Å²) in [7, 11) is 0. The lowest BCUT2D eigenvalue weighted by Crippen LogP contribution is -2.60. The SMILES string of the molecule is CCCCCCCCCCCCCCCCCCC/C=C/CC/C=C/C(O)C(COC1OC(CO)C(O)C(O)C1O)NC(=O)CCCCCCCCCCCCCCCCCCCCCCCCCCCCC. The molecule has 1 saturated heterocycles. The summed E-state index contributed by atoms with van der Waals surface area (Å²) >= 11 is 0. The van der Waals surface area contributed by atoms with Gasteiger partial charge in [0.1, 0.15) is 24.4 Å². The second-order valence-electron chi connectivity index (χ2n) is 22.6. The fourth-order valence-corrected chi connectivity index (χ4v) is 10.5. The van der Waals surface area contributed by atoms with E-state index in [4.69, 9.17) is 9.47 Å². The van der Waals surface area contributed by atoms with Gasteiger partial charge < -0.3 is 40.3 Å². The van der Waals surface area contributed by atoms with Crippen LogP contribution in [0.15, 0.2) is 24.3 Å². The molecule has 0 aromatic heterocycles. The van der Waals surface area contributed by atoms with Gasteiger partial charge >= 0.3 is 0 Å². The number of hydrogen-bond acceptors (Lipinski definition) is 8. The minimum Gasteiger partial charge on any atom is -0.394 e. The quantitative estimate of drug-likeness (QED) is 0.0261. The van der Waals surface area contributed by atoms with E-state index in [-0.39, 0.29) is 12.5 Å². The zero-order chi connectivity index (χ0) is 52.9. The predicted molar refractivity (Wildman–Crippen MR) is 309 cm³/mol. The molecule has 0 saturated carbocycles. The molecule has 1 aliphatic rings. The second-order valence-corrected chi connectivity index (χ2v) is 22.6. The van der Waals surface area contributed by atoms with Crippen LogP contribution in [0.1, 0.15) is 322 Å². The minimum absolute atomic E-state index is 0.179. The molecule has 0 aliphatic carbocycles. The van der Waals surface area contributed by atoms with Crippen molar-refractivity contribution < 1.29 is 39.8 Å². The highest BCUT2D eigenvalue weighted by atomic mass is 16.7. The predicted octanol–water partition coefficient (Wildman–Crippen LogP) is 16.5. The van der Waals surface area contributed by atoms with Gasteiger partial charge in [-0.05, 0) is 32.1 Å². The molecule has 0 bridgehead atoms. The Morgan fingerprint density at radius 1 is 0.452 bits per heavy atom. The summed E-state index contributed by atoms with van der Waals surface area (Å²) in [6.07, 6.45) is 62.7. The summed E-state index contributed by atoms with van der Waals surface area (Å²) in [5, 5.41) is 54.6. The lowest BCUT2D eigenvalue weighted by molar-refractivity contribution is -0.302. The first-order valence-corrected chi connectivity index (χ1v) is 32.1. The molecular weight excluding hydrogens is 911 g/mol. The van der Waals surface area contributed by atoms with Crippen LogP contribution in [0.4, 0.5) is 0 Å². The molecule has 9 heteroatoms. The first-order valence-electron chi connectivity index (χ1n) is 32.1. The van der Waals surface area contributed by atoms with Crippen LogP contribution in [0, 0.1) is 0 Å². The highest BCUT2D eigenvalue weighted by Crippen LogP contribution is 2.23. The Balaban J connectivity index is 2.18. The van der Waals surface area contributed by atoms with Crippen molar-refractivity contribution in [3.63, 3.8) is 0 Å². The van der Waals surface area contributed by atoms with Gasteiger partial charge in [-0.15, -0.1) is 0 Å². The van der Waals surface area contributed by atoms with Crippen LogP contribution in [0.5, 0.6) is 0 Å². The van der Waals surface area contributed by atoms with Gasteiger partial charge in [0, 0.05) is 6.42 Å². The van der Waals surface area contributed by atoms with Gasteiger partial charge in [0.25, 0.3) is 0 Å². The van der Waals surface area contributed by atoms with Gasteiger partial charge in [-0.2, -0.15) is 0 Å². The van der Waals surface area contributed by atoms with Crippen molar-refractivity contribution in [3.8, 4) is 0 Å². The first kappa shape index (κ1) is 69.7. The van der Waals surface area contributed by atoms with Crippen LogP contribution in [0.3, 0.4) is 0 Å². The summed E-state index contributed by atoms with van der Waals surface area (Å²) in [6.45, 7) is 3.82. The molecular formula is C64H123NO8. The van der Waals surface area contributed by atoms with E-state index in [9.17, 15) is 30.3 Å². The van der Waals surface area contributed by atoms with Gasteiger partial charge in [-0.25, -0.2) is 0 Å². The Morgan fingerprint density at radius 3 is 1.15 bits per heavy atom. The molecule has 0 aromatic rings. The van der Waals surface area contributed by atoms with Crippen LogP contribution in [0.25, 0.3) is 0 Å². The van der Waals surface area contributed by atoms with Crippen molar-refractivity contribution in [2.75, 3.05) is 13.2 Å². The maximum absolute atomic E-state index is 13.1. The van der Waals surface area contributed by atoms with E-state index < -0.39 is 49.5 Å². The third kappa shape index (κ3) is 43.4. The largest absolute Gasteiger partial charge is 0.394 e. The normalized spacial score (nSPS) is 19.1. The number of unbranched alkanes of at least 4 members (excludes halogenated alkanes) is 44. The maximum Gasteiger partial charge on any atom is 0.220 e. The number of ether oxygens (including phenoxy) is 2. The van der Waals surface area contributed by atoms with Crippen molar-refractivity contribution in [1.82, 2.24) is 5.32 Å². The highest BCUT2D eigenvalue weighted by Gasteiger charge is 2.44. The number of aliphatic hydroxyl groups excluding tert-OH is 5. The Bertz CT molecular complexity index is 1200. The maximum atomic E-state index is 13.1. The van der Waals surface area contributed by atoms with Crippen molar-refractivity contribution >= 4 is 5.91 Å². The van der Waals surface area contributed by atoms with Crippen molar-refractivity contribution in [3.05, 3.63) is 24.3 Å². The average Bonchev–Trinajstić information content (AvgIpc) is 3.39. The Kier molecular flexibility index (Phi) is 51.6. The fraction of sp³-hybridized carbons (Fsp3) is 0.922. The number of rotatable bonds is 56. The molecule has 1 amide bonds. The second kappa shape index (κ2) is 54.0. The van der Waals surface area contributed by atoms with Crippen LogP contribution in [-0.2, 0) is 14.3 Å². The molecule has 9 nitrogen and oxygen atoms in total. The van der Waals surface area contributed by atoms with E-state index in [0.717, 1.165) is 38.5 Å². The minimum atomic E-state index is -1.57. The van der Waals surface area contributed by atoms with Crippen molar-refractivity contribution in [1.29, 1.82) is 0 Å². The van der Waals surface area contributed by atoms with E-state index in [2.05, 4.69) is 31.3 Å². The number of nitrogens with one attached hydrogen (secondary N) is 1. The van der Waals surface area contributed by atoms with E-state index in [1.807, 2.05) is 6.08 Å². The summed E-state index contributed by atoms with van der Waals surface area (Å²) in [5.74, 6) is -0.179. The third-order valence-corrected chi connectivity index (χ3v) is 15.5. The van der Waals surface area contributed by atoms with Crippen LogP contribution >= 0.6 is 0 Å². The van der Waals surface area contributed by atoms with Gasteiger partial charge in [0.2, 0.25) is 5.91 Å². The lowest BCUT2D eigenvalue weighted by Gasteiger charge is -2.40. The molecule has 1 aliphatic heterocycles. The summed E-state index contributed by atoms with van der Waals surface area (Å²) in [4.78, 5) is 13.1. The summed E-state index contributed by atoms with van der Waals surface area (Å²) < 4.78 is 11.3. The smallest absolute Gasteiger partial charge is 0.220 e. The lowest BCUT2D eigenvalue weighted by atomic mass is 9.99. The van der Waals surface area contributed by atoms with E-state index in [0.29, 0.717) is 6.42 Å². The monoisotopic (exact) mass is 1030 g/mol. The molecule has 0 radical (unpaired) electrons. The number of allylic oxidation sites excluding steroid dienone is 3. The zero-order valence-electron chi connectivity index (χ0n) is 48.2. The first-order chi connectivity index (χ1) is 35.8. The fourth-order valence-electron chi connectivity index (χ4n) is 10.5. The van der Waals surface area contributed by atoms with E-state index >= 15 is 0 Å². The molecule has 1 fully saturated rings. The van der Waals surface area contributed by atoms with Crippen LogP contribution in [0.2, 0.25) is 0 Å². The third-order valence-electron chi connectivity index (χ3n) is 15.5. The van der Waals surface area contributed by atoms with E-state index in [1.54, 1.807) is 6.08 Å². The van der Waals surface area contributed by atoms with Gasteiger partial charge in [0.05, 0.1) is 25.4 Å². The summed E-state index contributed by atoms with van der Waals surface area (Å²) in [5.41, 5.74) is 0. The van der Waals surface area contributed by atoms with Gasteiger partial charge in [-0.3, -0.25) is 4.79 Å². The standard InChI is InChI=1S/C64H123NO8/c1-3-5-7-9-11-13-15-17-19-21-23-25-27-28-29-30-32-34-36-38-40-42-44-46-48-50-52-54-60(68)65-57(56-72-64-63(71)62(70)61(69)59(55-66)73-64)58(67)53-51-49-47-45-43-41-39-37-35-33-31-26-24-22-20-18-16-14-12-10-8-6-4-2/h43,45,51,53,57-59,61-64,66-67,69-71H,3-42,44,46-50,52,54-56H2,1-2H3,(H,65,68)/b45-43+,53-51+. The molecule has 0 spiro atoms. The van der Waals surface area contributed by atoms with Crippen LogP contribution < -0.4 is 5.32 Å².